The van der Waals surface area contributed by atoms with Crippen LogP contribution in [0.3, 0.4) is 0 Å². The van der Waals surface area contributed by atoms with Crippen LogP contribution >= 0.6 is 0 Å². The van der Waals surface area contributed by atoms with Crippen molar-refractivity contribution in [3.05, 3.63) is 58.4 Å². The molecule has 35 heavy (non-hydrogen) atoms. The number of para-hydroxylation sites is 1. The predicted octanol–water partition coefficient (Wildman–Crippen LogP) is 1.99. The zero-order valence-electron chi connectivity index (χ0n) is 19.4. The summed E-state index contributed by atoms with van der Waals surface area (Å²) in [4.78, 5) is 43.3. The van der Waals surface area contributed by atoms with Crippen molar-refractivity contribution in [3.63, 3.8) is 0 Å². The molecule has 10 heteroatoms. The van der Waals surface area contributed by atoms with Gasteiger partial charge in [-0.05, 0) is 43.7 Å². The topological polar surface area (TPSA) is 119 Å². The van der Waals surface area contributed by atoms with Crippen molar-refractivity contribution in [2.45, 2.75) is 18.9 Å². The molecule has 2 aromatic carbocycles. The summed E-state index contributed by atoms with van der Waals surface area (Å²) in [5.41, 5.74) is 1.51. The Bertz CT molecular complexity index is 1480. The second kappa shape index (κ2) is 8.09. The summed E-state index contributed by atoms with van der Waals surface area (Å²) < 4.78 is 5.93. The number of carbonyl (C=O) groups excluding carboxylic acids is 1. The largest absolute Gasteiger partial charge is 0.423 e. The molecule has 6 rings (SSSR count). The fourth-order valence-electron chi connectivity index (χ4n) is 4.82. The smallest absolute Gasteiger partial charge is 0.298 e. The summed E-state index contributed by atoms with van der Waals surface area (Å²) in [6.45, 7) is 5.10. The van der Waals surface area contributed by atoms with Gasteiger partial charge >= 0.3 is 0 Å². The first-order chi connectivity index (χ1) is 16.9. The summed E-state index contributed by atoms with van der Waals surface area (Å²) in [6, 6.07) is 13.0. The third-order valence-electron chi connectivity index (χ3n) is 6.81. The van der Waals surface area contributed by atoms with Gasteiger partial charge in [-0.2, -0.15) is 4.98 Å². The number of hydrogen-bond donors (Lipinski definition) is 2. The lowest BCUT2D eigenvalue weighted by atomic mass is 10.1. The Balaban J connectivity index is 1.16. The quantitative estimate of drug-likeness (QED) is 0.463. The van der Waals surface area contributed by atoms with Crippen LogP contribution in [0, 0.1) is 0 Å². The number of benzene rings is 2. The maximum atomic E-state index is 13.2. The molecule has 4 aromatic rings. The molecule has 2 aliphatic rings. The first kappa shape index (κ1) is 21.6. The number of β-amino-alcohol motifs (C(OH)–C–C–N with tert-alkyl or cyclic N) is 1. The number of H-pyrrole nitrogens is 1. The number of amides is 1. The van der Waals surface area contributed by atoms with Gasteiger partial charge in [0.05, 0.1) is 23.0 Å². The van der Waals surface area contributed by atoms with E-state index in [9.17, 15) is 14.7 Å². The molecule has 2 fully saturated rings. The highest BCUT2D eigenvalue weighted by atomic mass is 16.4. The minimum Gasteiger partial charge on any atom is -0.423 e. The molecule has 0 bridgehead atoms. The van der Waals surface area contributed by atoms with Gasteiger partial charge in [0.15, 0.2) is 5.58 Å². The van der Waals surface area contributed by atoms with Crippen LogP contribution in [0.25, 0.3) is 22.0 Å². The summed E-state index contributed by atoms with van der Waals surface area (Å²) in [7, 11) is 0. The second-order valence-corrected chi connectivity index (χ2v) is 9.53. The number of fused-ring (bicyclic) bond motifs is 2. The van der Waals surface area contributed by atoms with Crippen LogP contribution in [0.2, 0.25) is 0 Å². The Morgan fingerprint density at radius 1 is 1.03 bits per heavy atom. The Hall–Kier alpha value is -3.92. The molecule has 2 saturated heterocycles. The number of hydrogen-bond acceptors (Lipinski definition) is 8. The predicted molar refractivity (Wildman–Crippen MR) is 132 cm³/mol. The second-order valence-electron chi connectivity index (χ2n) is 9.53. The maximum Gasteiger partial charge on any atom is 0.298 e. The van der Waals surface area contributed by atoms with Crippen LogP contribution in [0.1, 0.15) is 23.7 Å². The number of nitrogens with zero attached hydrogens (tertiary/aromatic N) is 5. The third-order valence-corrected chi connectivity index (χ3v) is 6.81. The molecule has 0 radical (unpaired) electrons. The number of aromatic amines is 1. The molecule has 2 aromatic heterocycles. The number of aromatic nitrogens is 3. The van der Waals surface area contributed by atoms with Gasteiger partial charge in [-0.1, -0.05) is 12.1 Å². The van der Waals surface area contributed by atoms with Gasteiger partial charge in [0.1, 0.15) is 5.52 Å². The normalized spacial score (nSPS) is 20.8. The van der Waals surface area contributed by atoms with Crippen molar-refractivity contribution < 1.29 is 14.3 Å². The summed E-state index contributed by atoms with van der Waals surface area (Å²) >= 11 is 0. The van der Waals surface area contributed by atoms with Crippen molar-refractivity contribution >= 4 is 39.9 Å². The van der Waals surface area contributed by atoms with Crippen molar-refractivity contribution in [3.8, 4) is 0 Å². The van der Waals surface area contributed by atoms with E-state index < -0.39 is 5.60 Å². The van der Waals surface area contributed by atoms with Gasteiger partial charge in [-0.25, -0.2) is 4.98 Å². The number of piperazine rings is 1. The molecular weight excluding hydrogens is 448 g/mol. The number of anilines is 2. The minimum atomic E-state index is -0.751. The van der Waals surface area contributed by atoms with E-state index in [-0.39, 0.29) is 11.5 Å². The number of nitrogens with one attached hydrogen (secondary N) is 1. The average Bonchev–Trinajstić information content (AvgIpc) is 3.46. The highest BCUT2D eigenvalue weighted by molar-refractivity contribution is 5.97. The summed E-state index contributed by atoms with van der Waals surface area (Å²) in [5.74, 6) is 0.450. The molecule has 4 heterocycles. The lowest BCUT2D eigenvalue weighted by Crippen LogP contribution is -2.49. The van der Waals surface area contributed by atoms with Crippen LogP contribution in [0.5, 0.6) is 0 Å². The standard InChI is InChI=1S/C25H26N6O4/c1-25(34)8-9-31(15-25)24-27-19-7-6-16(14-20(19)35-24)22(33)29-10-12-30(13-11-29)23-26-18-5-3-2-4-17(18)21(32)28-23/h2-7,14,34H,8-13,15H2,1H3,(H,26,28,32). The molecule has 180 valence electrons. The van der Waals surface area contributed by atoms with Gasteiger partial charge in [-0.15, -0.1) is 0 Å². The van der Waals surface area contributed by atoms with Crippen molar-refractivity contribution in [1.29, 1.82) is 0 Å². The Labute approximate surface area is 200 Å². The Morgan fingerprint density at radius 3 is 2.60 bits per heavy atom. The molecule has 1 atom stereocenters. The zero-order valence-corrected chi connectivity index (χ0v) is 19.4. The fraction of sp³-hybridized carbons (Fsp3) is 0.360. The van der Waals surface area contributed by atoms with Crippen LogP contribution in [-0.4, -0.2) is 75.7 Å². The van der Waals surface area contributed by atoms with E-state index in [0.717, 1.165) is 0 Å². The summed E-state index contributed by atoms with van der Waals surface area (Å²) in [6.07, 6.45) is 0.657. The van der Waals surface area contributed by atoms with E-state index in [2.05, 4.69) is 15.0 Å². The van der Waals surface area contributed by atoms with Crippen molar-refractivity contribution in [1.82, 2.24) is 19.9 Å². The SMILES string of the molecule is CC1(O)CCN(c2nc3ccc(C(=O)N4CCN(c5nc6ccccc6c(=O)[nH]5)CC4)cc3o2)C1. The van der Waals surface area contributed by atoms with E-state index in [1.54, 1.807) is 36.1 Å². The number of oxazole rings is 1. The van der Waals surface area contributed by atoms with Gasteiger partial charge in [0, 0.05) is 38.3 Å². The van der Waals surface area contributed by atoms with Gasteiger partial charge in [0.2, 0.25) is 5.95 Å². The van der Waals surface area contributed by atoms with Crippen molar-refractivity contribution in [2.75, 3.05) is 49.1 Å². The van der Waals surface area contributed by atoms with Crippen LogP contribution < -0.4 is 15.4 Å². The minimum absolute atomic E-state index is 0.0754. The van der Waals surface area contributed by atoms with E-state index >= 15 is 0 Å². The molecule has 0 saturated carbocycles. The molecule has 0 aliphatic carbocycles. The lowest BCUT2D eigenvalue weighted by Gasteiger charge is -2.35. The highest BCUT2D eigenvalue weighted by Crippen LogP contribution is 2.29. The molecule has 1 amide bonds. The van der Waals surface area contributed by atoms with Gasteiger partial charge in [-0.3, -0.25) is 14.6 Å². The number of aliphatic hydroxyl groups is 1. The molecule has 0 spiro atoms. The zero-order chi connectivity index (χ0) is 24.2. The molecule has 2 N–H and O–H groups in total. The lowest BCUT2D eigenvalue weighted by molar-refractivity contribution is 0.0746. The van der Waals surface area contributed by atoms with Crippen LogP contribution in [0.4, 0.5) is 12.0 Å². The molecule has 1 unspecified atom stereocenters. The third kappa shape index (κ3) is 3.99. The van der Waals surface area contributed by atoms with E-state index in [1.807, 2.05) is 28.0 Å². The van der Waals surface area contributed by atoms with Gasteiger partial charge < -0.3 is 24.2 Å². The first-order valence-corrected chi connectivity index (χ1v) is 11.8. The Kier molecular flexibility index (Phi) is 4.99. The molecular formula is C25H26N6O4. The van der Waals surface area contributed by atoms with Gasteiger partial charge in [0.25, 0.3) is 17.5 Å². The highest BCUT2D eigenvalue weighted by Gasteiger charge is 2.34. The van der Waals surface area contributed by atoms with E-state index in [0.29, 0.717) is 85.2 Å². The monoisotopic (exact) mass is 474 g/mol. The van der Waals surface area contributed by atoms with E-state index in [1.165, 1.54) is 0 Å². The first-order valence-electron chi connectivity index (χ1n) is 11.8. The summed E-state index contributed by atoms with van der Waals surface area (Å²) in [5, 5.41) is 10.8. The van der Waals surface area contributed by atoms with Crippen LogP contribution in [-0.2, 0) is 0 Å². The van der Waals surface area contributed by atoms with Crippen LogP contribution in [0.15, 0.2) is 51.7 Å². The molecule has 10 nitrogen and oxygen atoms in total. The van der Waals surface area contributed by atoms with E-state index in [4.69, 9.17) is 4.42 Å². The molecule has 2 aliphatic heterocycles. The maximum absolute atomic E-state index is 13.2. The Morgan fingerprint density at radius 2 is 1.83 bits per heavy atom. The number of rotatable bonds is 3. The number of carbonyl (C=O) groups is 1. The fourth-order valence-corrected chi connectivity index (χ4v) is 4.82. The average molecular weight is 475 g/mol. The van der Waals surface area contributed by atoms with Crippen molar-refractivity contribution in [2.24, 2.45) is 0 Å².